The van der Waals surface area contributed by atoms with Crippen LogP contribution >= 0.6 is 15.9 Å². The summed E-state index contributed by atoms with van der Waals surface area (Å²) >= 11 is 2.95. The molecule has 2 N–H and O–H groups in total. The second-order valence-electron chi connectivity index (χ2n) is 6.41. The van der Waals surface area contributed by atoms with Crippen molar-refractivity contribution in [3.05, 3.63) is 58.7 Å². The van der Waals surface area contributed by atoms with Gasteiger partial charge < -0.3 is 10.6 Å². The highest BCUT2D eigenvalue weighted by Gasteiger charge is 2.33. The first-order chi connectivity index (χ1) is 13.4. The predicted octanol–water partition coefficient (Wildman–Crippen LogP) is 5.64. The molecule has 5 nitrogen and oxygen atoms in total. The number of hydrogen-bond donors (Lipinski definition) is 2. The lowest BCUT2D eigenvalue weighted by molar-refractivity contribution is -0.138. The largest absolute Gasteiger partial charge is 0.417 e. The van der Waals surface area contributed by atoms with E-state index in [1.165, 1.54) is 6.07 Å². The summed E-state index contributed by atoms with van der Waals surface area (Å²) in [5.41, 5.74) is 0.749. The molecule has 1 aliphatic rings. The molecule has 1 aliphatic carbocycles. The van der Waals surface area contributed by atoms with Gasteiger partial charge in [-0.1, -0.05) is 22.0 Å². The monoisotopic (exact) mass is 449 g/mol. The minimum atomic E-state index is -4.46. The van der Waals surface area contributed by atoms with Crippen LogP contribution in [0.4, 0.5) is 30.6 Å². The second-order valence-corrected chi connectivity index (χ2v) is 7.27. The zero-order chi connectivity index (χ0) is 19.7. The van der Waals surface area contributed by atoms with Crippen molar-refractivity contribution in [2.24, 2.45) is 0 Å². The topological polar surface area (TPSA) is 62.7 Å². The van der Waals surface area contributed by atoms with Crippen LogP contribution in [0, 0.1) is 0 Å². The molecule has 0 amide bonds. The van der Waals surface area contributed by atoms with Gasteiger partial charge in [-0.25, -0.2) is 4.98 Å². The third kappa shape index (κ3) is 4.41. The van der Waals surface area contributed by atoms with Crippen molar-refractivity contribution in [1.82, 2.24) is 15.0 Å². The summed E-state index contributed by atoms with van der Waals surface area (Å²) in [5, 5.41) is 6.17. The van der Waals surface area contributed by atoms with Gasteiger partial charge >= 0.3 is 6.18 Å². The molecule has 0 atom stereocenters. The van der Waals surface area contributed by atoms with E-state index in [1.54, 1.807) is 24.4 Å². The molecular formula is C19H15BrF3N5. The van der Waals surface area contributed by atoms with Crippen LogP contribution in [-0.2, 0) is 6.18 Å². The highest BCUT2D eigenvalue weighted by atomic mass is 79.9. The smallest absolute Gasteiger partial charge is 0.351 e. The minimum Gasteiger partial charge on any atom is -0.351 e. The molecule has 4 rings (SSSR count). The van der Waals surface area contributed by atoms with Crippen LogP contribution in [0.1, 0.15) is 18.4 Å². The Kier molecular flexibility index (Phi) is 4.92. The van der Waals surface area contributed by atoms with Crippen LogP contribution in [0.2, 0.25) is 0 Å². The molecule has 0 unspecified atom stereocenters. The van der Waals surface area contributed by atoms with Gasteiger partial charge in [0.2, 0.25) is 5.95 Å². The lowest BCUT2D eigenvalue weighted by Gasteiger charge is -2.14. The molecule has 0 bridgehead atoms. The first-order valence-corrected chi connectivity index (χ1v) is 9.38. The van der Waals surface area contributed by atoms with Crippen molar-refractivity contribution in [2.45, 2.75) is 25.1 Å². The summed E-state index contributed by atoms with van der Waals surface area (Å²) in [6.07, 6.45) is -0.716. The van der Waals surface area contributed by atoms with Crippen LogP contribution in [0.5, 0.6) is 0 Å². The molecule has 28 heavy (non-hydrogen) atoms. The standard InChI is InChI=1S/C19H15BrF3N5/c20-14-7-6-12(9-13(14)19(21,22)23)25-17-10-16(15-3-1-2-8-24-15)27-18(28-17)26-11-4-5-11/h1-3,6-11H,4-5H2,(H2,25,26,27,28). The molecule has 2 heterocycles. The lowest BCUT2D eigenvalue weighted by Crippen LogP contribution is -2.09. The van der Waals surface area contributed by atoms with Gasteiger partial charge in [0, 0.05) is 28.5 Å². The Morgan fingerprint density at radius 2 is 1.82 bits per heavy atom. The number of pyridine rings is 1. The molecular weight excluding hydrogens is 435 g/mol. The molecule has 0 radical (unpaired) electrons. The van der Waals surface area contributed by atoms with Gasteiger partial charge in [0.25, 0.3) is 0 Å². The Hall–Kier alpha value is -2.68. The fourth-order valence-electron chi connectivity index (χ4n) is 2.60. The van der Waals surface area contributed by atoms with Crippen molar-refractivity contribution in [3.8, 4) is 11.4 Å². The number of hydrogen-bond acceptors (Lipinski definition) is 5. The van der Waals surface area contributed by atoms with E-state index in [2.05, 4.69) is 41.5 Å². The van der Waals surface area contributed by atoms with E-state index in [1.807, 2.05) is 12.1 Å². The summed E-state index contributed by atoms with van der Waals surface area (Å²) in [6.45, 7) is 0. The van der Waals surface area contributed by atoms with Gasteiger partial charge in [0.1, 0.15) is 5.82 Å². The number of nitrogens with one attached hydrogen (secondary N) is 2. The van der Waals surface area contributed by atoms with Gasteiger partial charge in [-0.15, -0.1) is 0 Å². The average Bonchev–Trinajstić information content (AvgIpc) is 3.47. The fraction of sp³-hybridized carbons (Fsp3) is 0.211. The molecule has 9 heteroatoms. The van der Waals surface area contributed by atoms with E-state index < -0.39 is 11.7 Å². The first kappa shape index (κ1) is 18.7. The number of alkyl halides is 3. The average molecular weight is 450 g/mol. The highest BCUT2D eigenvalue weighted by molar-refractivity contribution is 9.10. The lowest BCUT2D eigenvalue weighted by atomic mass is 10.2. The van der Waals surface area contributed by atoms with Crippen molar-refractivity contribution in [3.63, 3.8) is 0 Å². The SMILES string of the molecule is FC(F)(F)c1cc(Nc2cc(-c3ccccn3)nc(NC3CC3)n2)ccc1Br. The Morgan fingerprint density at radius 1 is 1.00 bits per heavy atom. The van der Waals surface area contributed by atoms with Gasteiger partial charge in [-0.05, 0) is 43.2 Å². The van der Waals surface area contributed by atoms with Gasteiger partial charge in [-0.2, -0.15) is 18.2 Å². The predicted molar refractivity (Wildman–Crippen MR) is 104 cm³/mol. The summed E-state index contributed by atoms with van der Waals surface area (Å²) in [5.74, 6) is 0.801. The summed E-state index contributed by atoms with van der Waals surface area (Å²) < 4.78 is 39.5. The molecule has 1 saturated carbocycles. The number of aromatic nitrogens is 3. The van der Waals surface area contributed by atoms with Crippen LogP contribution in [0.3, 0.4) is 0 Å². The summed E-state index contributed by atoms with van der Waals surface area (Å²) in [6, 6.07) is 11.4. The molecule has 3 aromatic rings. The van der Waals surface area contributed by atoms with Crippen LogP contribution in [-0.4, -0.2) is 21.0 Å². The zero-order valence-electron chi connectivity index (χ0n) is 14.5. The molecule has 144 valence electrons. The maximum atomic E-state index is 13.2. The van der Waals surface area contributed by atoms with Gasteiger partial charge in [0.05, 0.1) is 17.0 Å². The maximum absolute atomic E-state index is 13.2. The van der Waals surface area contributed by atoms with Crippen molar-refractivity contribution in [2.75, 3.05) is 10.6 Å². The second kappa shape index (κ2) is 7.38. The third-order valence-corrected chi connectivity index (χ3v) is 4.80. The van der Waals surface area contributed by atoms with Crippen LogP contribution < -0.4 is 10.6 Å². The molecule has 0 saturated heterocycles. The molecule has 2 aromatic heterocycles. The first-order valence-electron chi connectivity index (χ1n) is 8.59. The van der Waals surface area contributed by atoms with E-state index in [4.69, 9.17) is 0 Å². The highest BCUT2D eigenvalue weighted by Crippen LogP contribution is 2.37. The fourth-order valence-corrected chi connectivity index (χ4v) is 3.07. The number of halogens is 4. The van der Waals surface area contributed by atoms with Gasteiger partial charge in [-0.3, -0.25) is 4.98 Å². The number of benzene rings is 1. The van der Waals surface area contributed by atoms with Crippen LogP contribution in [0.15, 0.2) is 53.1 Å². The van der Waals surface area contributed by atoms with Crippen molar-refractivity contribution in [1.29, 1.82) is 0 Å². The van der Waals surface area contributed by atoms with E-state index in [0.29, 0.717) is 29.2 Å². The Balaban J connectivity index is 1.69. The van der Waals surface area contributed by atoms with E-state index in [9.17, 15) is 13.2 Å². The molecule has 1 fully saturated rings. The third-order valence-electron chi connectivity index (χ3n) is 4.11. The molecule has 0 aliphatic heterocycles. The number of rotatable bonds is 5. The molecule has 1 aromatic carbocycles. The Labute approximate surface area is 167 Å². The molecule has 0 spiro atoms. The Bertz CT molecular complexity index is 991. The van der Waals surface area contributed by atoms with E-state index in [0.717, 1.165) is 18.9 Å². The number of anilines is 3. The Morgan fingerprint density at radius 3 is 2.50 bits per heavy atom. The van der Waals surface area contributed by atoms with E-state index in [-0.39, 0.29) is 10.2 Å². The van der Waals surface area contributed by atoms with Crippen molar-refractivity contribution >= 4 is 33.4 Å². The minimum absolute atomic E-state index is 0.0153. The number of nitrogens with zero attached hydrogens (tertiary/aromatic N) is 3. The summed E-state index contributed by atoms with van der Waals surface area (Å²) in [7, 11) is 0. The quantitative estimate of drug-likeness (QED) is 0.527. The van der Waals surface area contributed by atoms with Crippen molar-refractivity contribution < 1.29 is 13.2 Å². The van der Waals surface area contributed by atoms with Gasteiger partial charge in [0.15, 0.2) is 0 Å². The zero-order valence-corrected chi connectivity index (χ0v) is 16.0. The van der Waals surface area contributed by atoms with E-state index >= 15 is 0 Å². The summed E-state index contributed by atoms with van der Waals surface area (Å²) in [4.78, 5) is 13.2. The normalized spacial score (nSPS) is 14.0. The van der Waals surface area contributed by atoms with Crippen LogP contribution in [0.25, 0.3) is 11.4 Å². The maximum Gasteiger partial charge on any atom is 0.417 e.